The molecule has 0 spiro atoms. The molecule has 2 aromatic rings. The molecule has 2 saturated heterocycles. The summed E-state index contributed by atoms with van der Waals surface area (Å²) < 4.78 is 43.4. The van der Waals surface area contributed by atoms with Crippen molar-refractivity contribution in [3.63, 3.8) is 0 Å². The number of carbonyl (C=O) groups excluding carboxylic acids is 1. The summed E-state index contributed by atoms with van der Waals surface area (Å²) >= 11 is 0. The lowest BCUT2D eigenvalue weighted by molar-refractivity contribution is -0.137. The molecular formula is C22H27F3N4O2. The molecule has 1 atom stereocenters. The summed E-state index contributed by atoms with van der Waals surface area (Å²) in [5.41, 5.74) is 1.22. The molecule has 0 radical (unpaired) electrons. The number of hydrogen-bond donors (Lipinski definition) is 1. The Balaban J connectivity index is 1.22. The van der Waals surface area contributed by atoms with Crippen LogP contribution in [0.3, 0.4) is 0 Å². The molecule has 0 unspecified atom stereocenters. The van der Waals surface area contributed by atoms with Crippen LogP contribution < -0.4 is 4.74 Å². The molecule has 9 heteroatoms. The summed E-state index contributed by atoms with van der Waals surface area (Å²) in [7, 11) is 0. The Kier molecular flexibility index (Phi) is 6.50. The van der Waals surface area contributed by atoms with Gasteiger partial charge < -0.3 is 9.64 Å². The highest BCUT2D eigenvalue weighted by Crippen LogP contribution is 2.30. The van der Waals surface area contributed by atoms with Gasteiger partial charge in [0.25, 0.3) is 0 Å². The van der Waals surface area contributed by atoms with Gasteiger partial charge in [0, 0.05) is 37.7 Å². The molecule has 1 N–H and O–H groups in total. The van der Waals surface area contributed by atoms with Crippen LogP contribution in [0.5, 0.6) is 5.75 Å². The normalized spacial score (nSPS) is 19.8. The summed E-state index contributed by atoms with van der Waals surface area (Å²) in [5.74, 6) is 0.926. The average molecular weight is 436 g/mol. The maximum absolute atomic E-state index is 12.6. The SMILES string of the molecule is O=C(CN1CC[C@@H](c2cc(CCOc3ccc(C(F)(F)F)cc3)[nH]n2)C1)N1CCCC1. The van der Waals surface area contributed by atoms with Gasteiger partial charge in [0.1, 0.15) is 5.75 Å². The Morgan fingerprint density at radius 3 is 2.61 bits per heavy atom. The number of rotatable bonds is 7. The predicted octanol–water partition coefficient (Wildman–Crippen LogP) is 3.46. The van der Waals surface area contributed by atoms with Crippen LogP contribution in [0.15, 0.2) is 30.3 Å². The number of aromatic nitrogens is 2. The van der Waals surface area contributed by atoms with Crippen molar-refractivity contribution in [2.75, 3.05) is 39.3 Å². The molecule has 2 aliphatic rings. The van der Waals surface area contributed by atoms with Gasteiger partial charge in [-0.2, -0.15) is 18.3 Å². The second kappa shape index (κ2) is 9.30. The smallest absolute Gasteiger partial charge is 0.416 e. The first-order valence-electron chi connectivity index (χ1n) is 10.7. The maximum atomic E-state index is 12.6. The first-order valence-corrected chi connectivity index (χ1v) is 10.7. The Morgan fingerprint density at radius 2 is 1.90 bits per heavy atom. The lowest BCUT2D eigenvalue weighted by atomic mass is 10.0. The van der Waals surface area contributed by atoms with Gasteiger partial charge in [-0.1, -0.05) is 0 Å². The molecule has 3 heterocycles. The highest BCUT2D eigenvalue weighted by molar-refractivity contribution is 5.78. The van der Waals surface area contributed by atoms with Gasteiger partial charge in [-0.05, 0) is 56.1 Å². The first-order chi connectivity index (χ1) is 14.9. The van der Waals surface area contributed by atoms with Crippen molar-refractivity contribution in [2.24, 2.45) is 0 Å². The fraction of sp³-hybridized carbons (Fsp3) is 0.545. The van der Waals surface area contributed by atoms with E-state index in [0.717, 1.165) is 69.0 Å². The minimum absolute atomic E-state index is 0.223. The van der Waals surface area contributed by atoms with Crippen molar-refractivity contribution in [3.05, 3.63) is 47.3 Å². The van der Waals surface area contributed by atoms with E-state index in [1.54, 1.807) is 0 Å². The van der Waals surface area contributed by atoms with E-state index in [1.165, 1.54) is 12.1 Å². The Labute approximate surface area is 179 Å². The zero-order valence-corrected chi connectivity index (χ0v) is 17.3. The summed E-state index contributed by atoms with van der Waals surface area (Å²) in [6.07, 6.45) is -0.584. The molecule has 31 heavy (non-hydrogen) atoms. The number of amides is 1. The van der Waals surface area contributed by atoms with Crippen molar-refractivity contribution >= 4 is 5.91 Å². The van der Waals surface area contributed by atoms with E-state index in [2.05, 4.69) is 15.1 Å². The molecule has 6 nitrogen and oxygen atoms in total. The maximum Gasteiger partial charge on any atom is 0.416 e. The topological polar surface area (TPSA) is 61.5 Å². The molecule has 1 aromatic heterocycles. The number of aromatic amines is 1. The highest BCUT2D eigenvalue weighted by atomic mass is 19.4. The molecule has 0 saturated carbocycles. The number of carbonyl (C=O) groups is 1. The third kappa shape index (κ3) is 5.58. The van der Waals surface area contributed by atoms with Crippen LogP contribution in [-0.4, -0.2) is 65.2 Å². The summed E-state index contributed by atoms with van der Waals surface area (Å²) in [6.45, 7) is 4.30. The molecule has 2 fully saturated rings. The third-order valence-electron chi connectivity index (χ3n) is 5.98. The van der Waals surface area contributed by atoms with Gasteiger partial charge in [-0.25, -0.2) is 0 Å². The van der Waals surface area contributed by atoms with Crippen molar-refractivity contribution in [3.8, 4) is 5.75 Å². The second-order valence-electron chi connectivity index (χ2n) is 8.25. The Morgan fingerprint density at radius 1 is 1.16 bits per heavy atom. The quantitative estimate of drug-likeness (QED) is 0.722. The number of halogens is 3. The van der Waals surface area contributed by atoms with Crippen molar-refractivity contribution in [2.45, 2.75) is 37.8 Å². The number of H-pyrrole nitrogens is 1. The molecule has 1 amide bonds. The summed E-state index contributed by atoms with van der Waals surface area (Å²) in [5, 5.41) is 7.45. The van der Waals surface area contributed by atoms with Crippen LogP contribution in [-0.2, 0) is 17.4 Å². The number of ether oxygens (including phenoxy) is 1. The number of nitrogens with zero attached hydrogens (tertiary/aromatic N) is 3. The fourth-order valence-electron chi connectivity index (χ4n) is 4.21. The minimum atomic E-state index is -4.35. The standard InChI is InChI=1S/C22H27F3N4O2/c23-22(24,25)17-3-5-19(6-4-17)31-12-8-18-13-20(27-26-18)16-7-11-28(14-16)15-21(30)29-9-1-2-10-29/h3-6,13,16H,1-2,7-12,14-15H2,(H,26,27)/t16-/m1/s1. The second-order valence-corrected chi connectivity index (χ2v) is 8.25. The van der Waals surface area contributed by atoms with Crippen LogP contribution >= 0.6 is 0 Å². The van der Waals surface area contributed by atoms with Crippen LogP contribution in [0.25, 0.3) is 0 Å². The van der Waals surface area contributed by atoms with Gasteiger partial charge in [0.05, 0.1) is 24.4 Å². The number of nitrogens with one attached hydrogen (secondary N) is 1. The van der Waals surface area contributed by atoms with E-state index >= 15 is 0 Å². The Hall–Kier alpha value is -2.55. The van der Waals surface area contributed by atoms with Crippen molar-refractivity contribution in [1.82, 2.24) is 20.0 Å². The van der Waals surface area contributed by atoms with Crippen LogP contribution in [0.4, 0.5) is 13.2 Å². The lowest BCUT2D eigenvalue weighted by Gasteiger charge is -2.20. The van der Waals surface area contributed by atoms with E-state index in [-0.39, 0.29) is 5.91 Å². The van der Waals surface area contributed by atoms with Gasteiger partial charge in [0.15, 0.2) is 0 Å². The van der Waals surface area contributed by atoms with Crippen LogP contribution in [0.1, 0.15) is 42.1 Å². The monoisotopic (exact) mass is 436 g/mol. The van der Waals surface area contributed by atoms with Crippen molar-refractivity contribution in [1.29, 1.82) is 0 Å². The fourth-order valence-corrected chi connectivity index (χ4v) is 4.21. The minimum Gasteiger partial charge on any atom is -0.493 e. The zero-order chi connectivity index (χ0) is 21.8. The van der Waals surface area contributed by atoms with Gasteiger partial charge in [-0.15, -0.1) is 0 Å². The summed E-state index contributed by atoms with van der Waals surface area (Å²) in [4.78, 5) is 16.5. The van der Waals surface area contributed by atoms with Gasteiger partial charge in [-0.3, -0.25) is 14.8 Å². The molecular weight excluding hydrogens is 409 g/mol. The lowest BCUT2D eigenvalue weighted by Crippen LogP contribution is -2.37. The van der Waals surface area contributed by atoms with Crippen LogP contribution in [0.2, 0.25) is 0 Å². The van der Waals surface area contributed by atoms with Crippen molar-refractivity contribution < 1.29 is 22.7 Å². The van der Waals surface area contributed by atoms with E-state index < -0.39 is 11.7 Å². The predicted molar refractivity (Wildman–Crippen MR) is 109 cm³/mol. The van der Waals surface area contributed by atoms with E-state index in [0.29, 0.717) is 31.2 Å². The molecule has 0 bridgehead atoms. The van der Waals surface area contributed by atoms with E-state index in [1.807, 2.05) is 11.0 Å². The largest absolute Gasteiger partial charge is 0.493 e. The molecule has 168 valence electrons. The number of benzene rings is 1. The molecule has 2 aliphatic heterocycles. The zero-order valence-electron chi connectivity index (χ0n) is 17.3. The number of likely N-dealkylation sites (tertiary alicyclic amines) is 2. The number of hydrogen-bond acceptors (Lipinski definition) is 4. The highest BCUT2D eigenvalue weighted by Gasteiger charge is 2.30. The average Bonchev–Trinajstić information content (AvgIpc) is 3.49. The van der Waals surface area contributed by atoms with E-state index in [9.17, 15) is 18.0 Å². The molecule has 0 aliphatic carbocycles. The first kappa shape index (κ1) is 21.7. The summed E-state index contributed by atoms with van der Waals surface area (Å²) in [6, 6.07) is 6.72. The molecule has 1 aromatic carbocycles. The molecule has 4 rings (SSSR count). The number of alkyl halides is 3. The Bertz CT molecular complexity index is 876. The van der Waals surface area contributed by atoms with Gasteiger partial charge >= 0.3 is 6.18 Å². The van der Waals surface area contributed by atoms with E-state index in [4.69, 9.17) is 4.74 Å². The van der Waals surface area contributed by atoms with Gasteiger partial charge in [0.2, 0.25) is 5.91 Å². The third-order valence-corrected chi connectivity index (χ3v) is 5.98. The van der Waals surface area contributed by atoms with Crippen LogP contribution in [0, 0.1) is 0 Å².